The van der Waals surface area contributed by atoms with Crippen molar-refractivity contribution in [2.45, 2.75) is 32.7 Å². The van der Waals surface area contributed by atoms with Gasteiger partial charge in [0.25, 0.3) is 0 Å². The summed E-state index contributed by atoms with van der Waals surface area (Å²) in [5.74, 6) is 0.738. The van der Waals surface area contributed by atoms with E-state index in [-0.39, 0.29) is 11.8 Å². The molecule has 2 rings (SSSR count). The highest BCUT2D eigenvalue weighted by atomic mass is 32.2. The third-order valence-electron chi connectivity index (χ3n) is 4.08. The topological polar surface area (TPSA) is 66.4 Å². The zero-order chi connectivity index (χ0) is 15.4. The molecule has 1 fully saturated rings. The van der Waals surface area contributed by atoms with Crippen LogP contribution in [0.1, 0.15) is 35.6 Å². The molecule has 4 nitrogen and oxygen atoms in total. The lowest BCUT2D eigenvalue weighted by molar-refractivity contribution is -0.142. The Morgan fingerprint density at radius 3 is 2.57 bits per heavy atom. The summed E-state index contributed by atoms with van der Waals surface area (Å²) in [5, 5.41) is 12.2. The van der Waals surface area contributed by atoms with Crippen molar-refractivity contribution in [3.63, 3.8) is 0 Å². The highest BCUT2D eigenvalue weighted by molar-refractivity contribution is 7.99. The molecule has 0 spiro atoms. The molecule has 2 N–H and O–H groups in total. The highest BCUT2D eigenvalue weighted by Crippen LogP contribution is 2.25. The predicted molar refractivity (Wildman–Crippen MR) is 84.5 cm³/mol. The number of carboxylic acids is 1. The van der Waals surface area contributed by atoms with Gasteiger partial charge in [0.1, 0.15) is 0 Å². The van der Waals surface area contributed by atoms with Crippen molar-refractivity contribution in [1.29, 1.82) is 0 Å². The van der Waals surface area contributed by atoms with Crippen LogP contribution in [0.4, 0.5) is 0 Å². The molecule has 0 radical (unpaired) electrons. The van der Waals surface area contributed by atoms with E-state index >= 15 is 0 Å². The lowest BCUT2D eigenvalue weighted by Crippen LogP contribution is -2.39. The normalized spacial score (nSPS) is 17.2. The van der Waals surface area contributed by atoms with Gasteiger partial charge in [0.2, 0.25) is 5.91 Å². The molecule has 0 saturated carbocycles. The number of amides is 1. The Hall–Kier alpha value is -1.49. The van der Waals surface area contributed by atoms with Gasteiger partial charge in [-0.3, -0.25) is 4.79 Å². The molecule has 1 aliphatic heterocycles. The lowest BCUT2D eigenvalue weighted by Gasteiger charge is -2.24. The van der Waals surface area contributed by atoms with E-state index < -0.39 is 12.0 Å². The van der Waals surface area contributed by atoms with Gasteiger partial charge < -0.3 is 10.4 Å². The van der Waals surface area contributed by atoms with Crippen LogP contribution in [-0.2, 0) is 9.59 Å². The van der Waals surface area contributed by atoms with Gasteiger partial charge in [0, 0.05) is 5.92 Å². The van der Waals surface area contributed by atoms with E-state index in [9.17, 15) is 14.7 Å². The predicted octanol–water partition coefficient (Wildman–Crippen LogP) is 2.69. The Morgan fingerprint density at radius 1 is 1.29 bits per heavy atom. The summed E-state index contributed by atoms with van der Waals surface area (Å²) < 4.78 is 0. The van der Waals surface area contributed by atoms with Crippen LogP contribution in [-0.4, -0.2) is 28.5 Å². The number of carboxylic acid groups (broad SMARTS) is 1. The largest absolute Gasteiger partial charge is 0.479 e. The maximum absolute atomic E-state index is 12.3. The van der Waals surface area contributed by atoms with E-state index in [0.29, 0.717) is 5.56 Å². The monoisotopic (exact) mass is 307 g/mol. The fourth-order valence-corrected chi connectivity index (χ4v) is 3.69. The number of carbonyl (C=O) groups is 2. The third-order valence-corrected chi connectivity index (χ3v) is 5.13. The molecule has 1 unspecified atom stereocenters. The first-order valence-corrected chi connectivity index (χ1v) is 8.33. The summed E-state index contributed by atoms with van der Waals surface area (Å²) in [6, 6.07) is 4.58. The number of hydrogen-bond donors (Lipinski definition) is 2. The molecule has 5 heteroatoms. The van der Waals surface area contributed by atoms with Gasteiger partial charge in [-0.05, 0) is 54.9 Å². The minimum absolute atomic E-state index is 0.0572. The van der Waals surface area contributed by atoms with Crippen molar-refractivity contribution in [3.05, 3.63) is 34.9 Å². The molecule has 21 heavy (non-hydrogen) atoms. The number of thioether (sulfide) groups is 1. The van der Waals surface area contributed by atoms with Crippen LogP contribution >= 0.6 is 11.8 Å². The molecule has 114 valence electrons. The second kappa shape index (κ2) is 6.98. The lowest BCUT2D eigenvalue weighted by atomic mass is 9.96. The average Bonchev–Trinajstić information content (AvgIpc) is 2.48. The van der Waals surface area contributed by atoms with Crippen molar-refractivity contribution in [1.82, 2.24) is 5.32 Å². The number of nitrogens with one attached hydrogen (secondary N) is 1. The number of rotatable bonds is 4. The maximum Gasteiger partial charge on any atom is 0.330 e. The molecular formula is C16H21NO3S. The molecule has 1 heterocycles. The first-order valence-electron chi connectivity index (χ1n) is 7.17. The fourth-order valence-electron chi connectivity index (χ4n) is 2.58. The Kier molecular flexibility index (Phi) is 5.28. The van der Waals surface area contributed by atoms with Gasteiger partial charge in [0.05, 0.1) is 0 Å². The second-order valence-electron chi connectivity index (χ2n) is 5.46. The van der Waals surface area contributed by atoms with Gasteiger partial charge in [-0.1, -0.05) is 18.2 Å². The zero-order valence-corrected chi connectivity index (χ0v) is 13.2. The first kappa shape index (κ1) is 15.9. The van der Waals surface area contributed by atoms with Gasteiger partial charge in [0.15, 0.2) is 6.04 Å². The minimum Gasteiger partial charge on any atom is -0.479 e. The van der Waals surface area contributed by atoms with Crippen LogP contribution in [0.2, 0.25) is 0 Å². The van der Waals surface area contributed by atoms with E-state index in [1.54, 1.807) is 6.07 Å². The van der Waals surface area contributed by atoms with Crippen molar-refractivity contribution in [3.8, 4) is 0 Å². The van der Waals surface area contributed by atoms with Crippen molar-refractivity contribution in [2.75, 3.05) is 11.5 Å². The van der Waals surface area contributed by atoms with E-state index in [0.717, 1.165) is 35.5 Å². The summed E-state index contributed by atoms with van der Waals surface area (Å²) in [6.07, 6.45) is 1.66. The van der Waals surface area contributed by atoms with Crippen molar-refractivity contribution >= 4 is 23.6 Å². The van der Waals surface area contributed by atoms with Crippen LogP contribution in [0.5, 0.6) is 0 Å². The quantitative estimate of drug-likeness (QED) is 0.897. The molecule has 0 aromatic heterocycles. The minimum atomic E-state index is -1.01. The third kappa shape index (κ3) is 3.79. The van der Waals surface area contributed by atoms with E-state index in [2.05, 4.69) is 5.32 Å². The Bertz CT molecular complexity index is 538. The molecule has 1 amide bonds. The van der Waals surface area contributed by atoms with Crippen LogP contribution in [0, 0.1) is 19.8 Å². The van der Waals surface area contributed by atoms with Gasteiger partial charge in [-0.15, -0.1) is 0 Å². The second-order valence-corrected chi connectivity index (χ2v) is 6.68. The van der Waals surface area contributed by atoms with Crippen LogP contribution < -0.4 is 5.32 Å². The number of carbonyl (C=O) groups excluding carboxylic acids is 1. The molecule has 1 aromatic carbocycles. The van der Waals surface area contributed by atoms with Crippen LogP contribution in [0.25, 0.3) is 0 Å². The summed E-state index contributed by atoms with van der Waals surface area (Å²) >= 11 is 1.85. The molecular weight excluding hydrogens is 286 g/mol. The van der Waals surface area contributed by atoms with Crippen LogP contribution in [0.15, 0.2) is 18.2 Å². The molecule has 1 saturated heterocycles. The fraction of sp³-hybridized carbons (Fsp3) is 0.500. The molecule has 1 aromatic rings. The number of benzene rings is 1. The van der Waals surface area contributed by atoms with E-state index in [4.69, 9.17) is 0 Å². The average molecular weight is 307 g/mol. The van der Waals surface area contributed by atoms with Gasteiger partial charge >= 0.3 is 5.97 Å². The number of hydrogen-bond acceptors (Lipinski definition) is 3. The number of aliphatic carboxylic acids is 1. The Balaban J connectivity index is 2.17. The standard InChI is InChI=1S/C16H21NO3S/c1-10-4-3-5-13(11(10)2)14(16(19)20)17-15(18)12-6-8-21-9-7-12/h3-5,12,14H,6-9H2,1-2H3,(H,17,18)(H,19,20). The molecule has 1 aliphatic rings. The molecule has 0 bridgehead atoms. The first-order chi connectivity index (χ1) is 10.0. The zero-order valence-electron chi connectivity index (χ0n) is 12.4. The highest BCUT2D eigenvalue weighted by Gasteiger charge is 2.28. The summed E-state index contributed by atoms with van der Waals surface area (Å²) in [7, 11) is 0. The maximum atomic E-state index is 12.3. The molecule has 0 aliphatic carbocycles. The van der Waals surface area contributed by atoms with Gasteiger partial charge in [-0.25, -0.2) is 4.79 Å². The smallest absolute Gasteiger partial charge is 0.330 e. The SMILES string of the molecule is Cc1cccc(C(NC(=O)C2CCSCC2)C(=O)O)c1C. The van der Waals surface area contributed by atoms with Crippen molar-refractivity contribution in [2.24, 2.45) is 5.92 Å². The van der Waals surface area contributed by atoms with E-state index in [1.165, 1.54) is 0 Å². The van der Waals surface area contributed by atoms with Crippen molar-refractivity contribution < 1.29 is 14.7 Å². The Morgan fingerprint density at radius 2 is 1.95 bits per heavy atom. The summed E-state index contributed by atoms with van der Waals surface area (Å²) in [4.78, 5) is 23.9. The van der Waals surface area contributed by atoms with E-state index in [1.807, 2.05) is 37.7 Å². The molecule has 1 atom stereocenters. The summed E-state index contributed by atoms with van der Waals surface area (Å²) in [5.41, 5.74) is 2.62. The van der Waals surface area contributed by atoms with Gasteiger partial charge in [-0.2, -0.15) is 11.8 Å². The number of aryl methyl sites for hydroxylation is 1. The summed E-state index contributed by atoms with van der Waals surface area (Å²) in [6.45, 7) is 3.84. The Labute approximate surface area is 129 Å². The van der Waals surface area contributed by atoms with Crippen LogP contribution in [0.3, 0.4) is 0 Å².